The maximum atomic E-state index is 9.99. The van der Waals surface area contributed by atoms with Crippen LogP contribution in [-0.2, 0) is 0 Å². The molecular weight excluding hydrogens is 200 g/mol. The lowest BCUT2D eigenvalue weighted by molar-refractivity contribution is 0.0575. The van der Waals surface area contributed by atoms with Crippen LogP contribution >= 0.6 is 0 Å². The Kier molecular flexibility index (Phi) is 3.37. The lowest BCUT2D eigenvalue weighted by atomic mass is 9.73. The van der Waals surface area contributed by atoms with Crippen molar-refractivity contribution in [3.8, 4) is 0 Å². The van der Waals surface area contributed by atoms with Crippen molar-refractivity contribution in [3.05, 3.63) is 23.3 Å². The third kappa shape index (κ3) is 2.74. The van der Waals surface area contributed by atoms with Crippen LogP contribution in [0.2, 0.25) is 0 Å². The fourth-order valence-corrected chi connectivity index (χ4v) is 1.89. The van der Waals surface area contributed by atoms with E-state index in [4.69, 9.17) is 0 Å². The van der Waals surface area contributed by atoms with Crippen molar-refractivity contribution in [2.24, 2.45) is 10.8 Å². The van der Waals surface area contributed by atoms with E-state index in [1.54, 1.807) is 6.08 Å². The molecule has 2 unspecified atom stereocenters. The molecule has 2 atom stereocenters. The quantitative estimate of drug-likeness (QED) is 0.664. The molecule has 1 rings (SSSR count). The van der Waals surface area contributed by atoms with E-state index in [0.29, 0.717) is 0 Å². The Bertz CT molecular complexity index is 324. The minimum absolute atomic E-state index is 0.00236. The standard InChI is InChI=1S/C14H24O2/c1-13(2,3)9-7-10(14(4,5)6)12(16)11(15)8-9/h7-8,11-12,15-16H,1-6H3. The van der Waals surface area contributed by atoms with E-state index in [2.05, 4.69) is 41.5 Å². The van der Waals surface area contributed by atoms with Crippen LogP contribution in [-0.4, -0.2) is 22.4 Å². The summed E-state index contributed by atoms with van der Waals surface area (Å²) in [7, 11) is 0. The average molecular weight is 224 g/mol. The molecule has 0 aromatic rings. The summed E-state index contributed by atoms with van der Waals surface area (Å²) < 4.78 is 0. The lowest BCUT2D eigenvalue weighted by Gasteiger charge is -2.35. The first-order valence-corrected chi connectivity index (χ1v) is 5.84. The predicted molar refractivity (Wildman–Crippen MR) is 67.1 cm³/mol. The highest BCUT2D eigenvalue weighted by molar-refractivity contribution is 5.38. The minimum Gasteiger partial charge on any atom is -0.386 e. The van der Waals surface area contributed by atoms with E-state index in [1.165, 1.54) is 0 Å². The maximum absolute atomic E-state index is 9.99. The van der Waals surface area contributed by atoms with Gasteiger partial charge in [-0.3, -0.25) is 0 Å². The van der Waals surface area contributed by atoms with Crippen molar-refractivity contribution in [1.82, 2.24) is 0 Å². The first-order valence-electron chi connectivity index (χ1n) is 5.84. The van der Waals surface area contributed by atoms with Crippen LogP contribution in [0.5, 0.6) is 0 Å². The summed E-state index contributed by atoms with van der Waals surface area (Å²) in [4.78, 5) is 0. The number of aliphatic hydroxyl groups is 2. The predicted octanol–water partition coefficient (Wildman–Crippen LogP) is 2.67. The molecule has 2 N–H and O–H groups in total. The van der Waals surface area contributed by atoms with Crippen LogP contribution in [0.4, 0.5) is 0 Å². The van der Waals surface area contributed by atoms with Gasteiger partial charge >= 0.3 is 0 Å². The summed E-state index contributed by atoms with van der Waals surface area (Å²) in [5.41, 5.74) is 1.88. The van der Waals surface area contributed by atoms with Gasteiger partial charge in [0, 0.05) is 0 Å². The van der Waals surface area contributed by atoms with Crippen molar-refractivity contribution in [3.63, 3.8) is 0 Å². The van der Waals surface area contributed by atoms with Crippen molar-refractivity contribution in [2.45, 2.75) is 53.8 Å². The fourth-order valence-electron chi connectivity index (χ4n) is 1.89. The first-order chi connectivity index (χ1) is 7.03. The van der Waals surface area contributed by atoms with Gasteiger partial charge in [0.25, 0.3) is 0 Å². The molecule has 0 saturated carbocycles. The largest absolute Gasteiger partial charge is 0.386 e. The Hall–Kier alpha value is -0.600. The normalized spacial score (nSPS) is 27.5. The van der Waals surface area contributed by atoms with Gasteiger partial charge in [0.1, 0.15) is 12.2 Å². The molecule has 0 bridgehead atoms. The summed E-state index contributed by atoms with van der Waals surface area (Å²) in [6, 6.07) is 0. The van der Waals surface area contributed by atoms with E-state index >= 15 is 0 Å². The Labute approximate surface area is 98.7 Å². The van der Waals surface area contributed by atoms with Gasteiger partial charge in [-0.05, 0) is 28.1 Å². The van der Waals surface area contributed by atoms with Crippen LogP contribution in [0.3, 0.4) is 0 Å². The molecule has 0 aromatic carbocycles. The van der Waals surface area contributed by atoms with Gasteiger partial charge in [0.05, 0.1) is 0 Å². The van der Waals surface area contributed by atoms with Crippen LogP contribution in [0, 0.1) is 10.8 Å². The topological polar surface area (TPSA) is 40.5 Å². The van der Waals surface area contributed by atoms with Crippen LogP contribution in [0.1, 0.15) is 41.5 Å². The highest BCUT2D eigenvalue weighted by Gasteiger charge is 2.33. The number of aliphatic hydroxyl groups excluding tert-OH is 2. The van der Waals surface area contributed by atoms with Crippen molar-refractivity contribution in [2.75, 3.05) is 0 Å². The molecule has 0 heterocycles. The zero-order valence-corrected chi connectivity index (χ0v) is 11.2. The molecule has 2 heteroatoms. The molecule has 2 nitrogen and oxygen atoms in total. The van der Waals surface area contributed by atoms with Gasteiger partial charge in [0.2, 0.25) is 0 Å². The summed E-state index contributed by atoms with van der Waals surface area (Å²) in [5.74, 6) is 0. The zero-order chi connectivity index (χ0) is 12.7. The summed E-state index contributed by atoms with van der Waals surface area (Å²) >= 11 is 0. The third-order valence-electron chi connectivity index (χ3n) is 3.04. The van der Waals surface area contributed by atoms with Gasteiger partial charge in [0.15, 0.2) is 0 Å². The molecule has 0 radical (unpaired) electrons. The molecule has 16 heavy (non-hydrogen) atoms. The molecule has 0 saturated heterocycles. The molecule has 92 valence electrons. The van der Waals surface area contributed by atoms with Crippen LogP contribution in [0.25, 0.3) is 0 Å². The molecule has 0 spiro atoms. The number of allylic oxidation sites excluding steroid dienone is 2. The number of hydrogen-bond acceptors (Lipinski definition) is 2. The van der Waals surface area contributed by atoms with E-state index in [1.807, 2.05) is 6.08 Å². The Balaban J connectivity index is 3.18. The number of rotatable bonds is 0. The van der Waals surface area contributed by atoms with Crippen molar-refractivity contribution < 1.29 is 10.2 Å². The van der Waals surface area contributed by atoms with E-state index in [0.717, 1.165) is 11.1 Å². The second-order valence-electron chi connectivity index (χ2n) is 6.66. The highest BCUT2D eigenvalue weighted by atomic mass is 16.3. The SMILES string of the molecule is CC(C)(C)C1=CC(O)C(O)C(C(C)(C)C)=C1. The van der Waals surface area contributed by atoms with Crippen molar-refractivity contribution >= 4 is 0 Å². The molecule has 0 aliphatic heterocycles. The van der Waals surface area contributed by atoms with Crippen molar-refractivity contribution in [1.29, 1.82) is 0 Å². The second kappa shape index (κ2) is 4.01. The second-order valence-corrected chi connectivity index (χ2v) is 6.66. The van der Waals surface area contributed by atoms with Gasteiger partial charge in [-0.25, -0.2) is 0 Å². The van der Waals surface area contributed by atoms with E-state index < -0.39 is 12.2 Å². The molecular formula is C14H24O2. The van der Waals surface area contributed by atoms with Gasteiger partial charge < -0.3 is 10.2 Å². The van der Waals surface area contributed by atoms with E-state index in [-0.39, 0.29) is 10.8 Å². The average Bonchev–Trinajstić information content (AvgIpc) is 2.05. The molecule has 0 amide bonds. The molecule has 1 aliphatic carbocycles. The lowest BCUT2D eigenvalue weighted by Crippen LogP contribution is -2.35. The molecule has 0 fully saturated rings. The van der Waals surface area contributed by atoms with Crippen LogP contribution in [0.15, 0.2) is 23.3 Å². The highest BCUT2D eigenvalue weighted by Crippen LogP contribution is 2.38. The number of hydrogen-bond donors (Lipinski definition) is 2. The maximum Gasteiger partial charge on any atom is 0.105 e. The Morgan fingerprint density at radius 1 is 0.938 bits per heavy atom. The summed E-state index contributed by atoms with van der Waals surface area (Å²) in [5, 5.41) is 19.9. The van der Waals surface area contributed by atoms with E-state index in [9.17, 15) is 10.2 Å². The Morgan fingerprint density at radius 3 is 1.81 bits per heavy atom. The third-order valence-corrected chi connectivity index (χ3v) is 3.04. The first kappa shape index (κ1) is 13.5. The molecule has 0 aromatic heterocycles. The summed E-state index contributed by atoms with van der Waals surface area (Å²) in [6.07, 6.45) is 2.25. The smallest absolute Gasteiger partial charge is 0.105 e. The van der Waals surface area contributed by atoms with Gasteiger partial charge in [-0.2, -0.15) is 0 Å². The monoisotopic (exact) mass is 224 g/mol. The molecule has 1 aliphatic rings. The van der Waals surface area contributed by atoms with Gasteiger partial charge in [-0.1, -0.05) is 47.6 Å². The zero-order valence-electron chi connectivity index (χ0n) is 11.2. The summed E-state index contributed by atoms with van der Waals surface area (Å²) in [6.45, 7) is 12.5. The minimum atomic E-state index is -0.784. The fraction of sp³-hybridized carbons (Fsp3) is 0.714. The van der Waals surface area contributed by atoms with Gasteiger partial charge in [-0.15, -0.1) is 0 Å². The Morgan fingerprint density at radius 2 is 1.44 bits per heavy atom. The van der Waals surface area contributed by atoms with Crippen LogP contribution < -0.4 is 0 Å².